The van der Waals surface area contributed by atoms with Crippen molar-refractivity contribution in [1.29, 1.82) is 0 Å². The lowest BCUT2D eigenvalue weighted by Gasteiger charge is -2.28. The number of nitrogens with zero attached hydrogens (tertiary/aromatic N) is 1. The summed E-state index contributed by atoms with van der Waals surface area (Å²) in [4.78, 5) is 25.4. The SMILES string of the molecule is CCOC(=O)[C@H](C)[Si](C)(C)c1ccc(C(=O)N(C)C)cc1. The van der Waals surface area contributed by atoms with Crippen molar-refractivity contribution in [1.82, 2.24) is 4.90 Å². The number of rotatable bonds is 5. The van der Waals surface area contributed by atoms with Crippen molar-refractivity contribution in [3.8, 4) is 0 Å². The summed E-state index contributed by atoms with van der Waals surface area (Å²) < 4.78 is 5.14. The lowest BCUT2D eigenvalue weighted by molar-refractivity contribution is -0.142. The second kappa shape index (κ2) is 6.89. The molecule has 0 aromatic heterocycles. The number of benzene rings is 1. The Morgan fingerprint density at radius 1 is 1.19 bits per heavy atom. The Balaban J connectivity index is 2.99. The Labute approximate surface area is 128 Å². The molecule has 0 aliphatic heterocycles. The van der Waals surface area contributed by atoms with Gasteiger partial charge in [0.05, 0.1) is 20.2 Å². The molecule has 0 aliphatic carbocycles. The average molecular weight is 307 g/mol. The molecule has 0 N–H and O–H groups in total. The van der Waals surface area contributed by atoms with Crippen LogP contribution in [0.25, 0.3) is 0 Å². The van der Waals surface area contributed by atoms with E-state index >= 15 is 0 Å². The first-order chi connectivity index (χ1) is 9.71. The van der Waals surface area contributed by atoms with E-state index in [-0.39, 0.29) is 17.4 Å². The van der Waals surface area contributed by atoms with E-state index in [0.717, 1.165) is 5.19 Å². The normalized spacial score (nSPS) is 12.7. The van der Waals surface area contributed by atoms with Crippen LogP contribution in [0.3, 0.4) is 0 Å². The summed E-state index contributed by atoms with van der Waals surface area (Å²) >= 11 is 0. The fraction of sp³-hybridized carbons (Fsp3) is 0.500. The van der Waals surface area contributed by atoms with E-state index in [9.17, 15) is 9.59 Å². The Bertz CT molecular complexity index is 509. The summed E-state index contributed by atoms with van der Waals surface area (Å²) in [6, 6.07) is 7.62. The van der Waals surface area contributed by atoms with Crippen LogP contribution in [0.2, 0.25) is 18.6 Å². The predicted molar refractivity (Wildman–Crippen MR) is 87.6 cm³/mol. The second-order valence-electron chi connectivity index (χ2n) is 5.97. The van der Waals surface area contributed by atoms with E-state index in [0.29, 0.717) is 12.2 Å². The van der Waals surface area contributed by atoms with Crippen molar-refractivity contribution >= 4 is 25.1 Å². The topological polar surface area (TPSA) is 46.6 Å². The molecule has 0 unspecified atom stereocenters. The van der Waals surface area contributed by atoms with Gasteiger partial charge in [0, 0.05) is 19.7 Å². The zero-order valence-corrected chi connectivity index (χ0v) is 14.8. The molecule has 0 spiro atoms. The summed E-state index contributed by atoms with van der Waals surface area (Å²) in [7, 11) is 1.50. The van der Waals surface area contributed by atoms with Crippen LogP contribution in [0.4, 0.5) is 0 Å². The van der Waals surface area contributed by atoms with E-state index in [4.69, 9.17) is 4.74 Å². The molecule has 4 nitrogen and oxygen atoms in total. The van der Waals surface area contributed by atoms with Gasteiger partial charge in [-0.1, -0.05) is 37.3 Å². The van der Waals surface area contributed by atoms with E-state index in [2.05, 4.69) is 13.1 Å². The fourth-order valence-corrected chi connectivity index (χ4v) is 4.31. The minimum absolute atomic E-state index is 0.0144. The van der Waals surface area contributed by atoms with Crippen molar-refractivity contribution in [3.63, 3.8) is 0 Å². The summed E-state index contributed by atoms with van der Waals surface area (Å²) in [6.45, 7) is 8.46. The molecule has 0 saturated carbocycles. The maximum absolute atomic E-state index is 12.0. The number of esters is 1. The Kier molecular flexibility index (Phi) is 5.72. The highest BCUT2D eigenvalue weighted by molar-refractivity contribution is 6.93. The van der Waals surface area contributed by atoms with Crippen LogP contribution in [0, 0.1) is 0 Å². The average Bonchev–Trinajstić information content (AvgIpc) is 2.45. The first-order valence-corrected chi connectivity index (χ1v) is 10.3. The van der Waals surface area contributed by atoms with Crippen LogP contribution >= 0.6 is 0 Å². The zero-order valence-electron chi connectivity index (χ0n) is 13.8. The zero-order chi connectivity index (χ0) is 16.2. The minimum atomic E-state index is -1.97. The molecule has 1 aromatic carbocycles. The molecule has 0 heterocycles. The highest BCUT2D eigenvalue weighted by atomic mass is 28.3. The van der Waals surface area contributed by atoms with Crippen LogP contribution in [-0.2, 0) is 9.53 Å². The van der Waals surface area contributed by atoms with Gasteiger partial charge in [-0.3, -0.25) is 9.59 Å². The van der Waals surface area contributed by atoms with Crippen molar-refractivity contribution in [2.45, 2.75) is 32.5 Å². The first-order valence-electron chi connectivity index (χ1n) is 7.20. The molecule has 1 atom stereocenters. The monoisotopic (exact) mass is 307 g/mol. The van der Waals surface area contributed by atoms with Crippen LogP contribution in [0.1, 0.15) is 24.2 Å². The number of hydrogen-bond acceptors (Lipinski definition) is 3. The van der Waals surface area contributed by atoms with Crippen LogP contribution < -0.4 is 5.19 Å². The molecule has 1 aromatic rings. The van der Waals surface area contributed by atoms with Gasteiger partial charge in [-0.2, -0.15) is 0 Å². The van der Waals surface area contributed by atoms with Gasteiger partial charge in [-0.25, -0.2) is 0 Å². The quantitative estimate of drug-likeness (QED) is 0.619. The molecule has 0 fully saturated rings. The minimum Gasteiger partial charge on any atom is -0.466 e. The Morgan fingerprint density at radius 2 is 1.71 bits per heavy atom. The molecule has 1 rings (SSSR count). The third-order valence-corrected chi connectivity index (χ3v) is 8.23. The maximum Gasteiger partial charge on any atom is 0.306 e. The number of ether oxygens (including phenoxy) is 1. The van der Waals surface area contributed by atoms with Crippen molar-refractivity contribution < 1.29 is 14.3 Å². The fourth-order valence-electron chi connectivity index (χ4n) is 2.11. The molecule has 0 aliphatic rings. The molecule has 5 heteroatoms. The standard InChI is InChI=1S/C16H25NO3Si/c1-7-20-16(19)12(2)21(5,6)14-10-8-13(9-11-14)15(18)17(3)4/h8-12H,7H2,1-6H3/t12-/m0/s1. The third-order valence-electron chi connectivity index (χ3n) is 4.00. The van der Waals surface area contributed by atoms with Crippen molar-refractivity contribution in [2.75, 3.05) is 20.7 Å². The van der Waals surface area contributed by atoms with Crippen molar-refractivity contribution in [3.05, 3.63) is 29.8 Å². The van der Waals surface area contributed by atoms with Gasteiger partial charge in [-0.15, -0.1) is 0 Å². The lowest BCUT2D eigenvalue weighted by Crippen LogP contribution is -2.48. The van der Waals surface area contributed by atoms with E-state index < -0.39 is 8.07 Å². The van der Waals surface area contributed by atoms with Gasteiger partial charge >= 0.3 is 5.97 Å². The molecule has 0 bridgehead atoms. The van der Waals surface area contributed by atoms with Crippen LogP contribution in [-0.4, -0.2) is 45.6 Å². The first kappa shape index (κ1) is 17.4. The molecule has 0 radical (unpaired) electrons. The summed E-state index contributed by atoms with van der Waals surface area (Å²) in [5, 5.41) is 1.15. The van der Waals surface area contributed by atoms with Gasteiger partial charge in [0.2, 0.25) is 0 Å². The summed E-state index contributed by atoms with van der Waals surface area (Å²) in [5.74, 6) is -0.151. The maximum atomic E-state index is 12.0. The number of carbonyl (C=O) groups is 2. The Morgan fingerprint density at radius 3 is 2.14 bits per heavy atom. The molecular formula is C16H25NO3Si. The largest absolute Gasteiger partial charge is 0.466 e. The smallest absolute Gasteiger partial charge is 0.306 e. The highest BCUT2D eigenvalue weighted by Crippen LogP contribution is 2.23. The lowest BCUT2D eigenvalue weighted by atomic mass is 10.2. The van der Waals surface area contributed by atoms with Gasteiger partial charge in [0.1, 0.15) is 0 Å². The molecule has 116 valence electrons. The van der Waals surface area contributed by atoms with Gasteiger partial charge in [0.25, 0.3) is 5.91 Å². The van der Waals surface area contributed by atoms with E-state index in [1.165, 1.54) is 0 Å². The van der Waals surface area contributed by atoms with Gasteiger partial charge in [-0.05, 0) is 19.1 Å². The van der Waals surface area contributed by atoms with Crippen LogP contribution in [0.5, 0.6) is 0 Å². The summed E-state index contributed by atoms with van der Waals surface area (Å²) in [6.07, 6.45) is 0. The summed E-state index contributed by atoms with van der Waals surface area (Å²) in [5.41, 5.74) is 0.546. The Hall–Kier alpha value is -1.62. The van der Waals surface area contributed by atoms with E-state index in [1.54, 1.807) is 19.0 Å². The highest BCUT2D eigenvalue weighted by Gasteiger charge is 2.36. The van der Waals surface area contributed by atoms with Crippen molar-refractivity contribution in [2.24, 2.45) is 0 Å². The number of carbonyl (C=O) groups excluding carboxylic acids is 2. The van der Waals surface area contributed by atoms with Crippen LogP contribution in [0.15, 0.2) is 24.3 Å². The van der Waals surface area contributed by atoms with E-state index in [1.807, 2.05) is 38.1 Å². The van der Waals surface area contributed by atoms with Gasteiger partial charge < -0.3 is 9.64 Å². The third kappa shape index (κ3) is 3.94. The molecular weight excluding hydrogens is 282 g/mol. The second-order valence-corrected chi connectivity index (χ2v) is 10.9. The van der Waals surface area contributed by atoms with Gasteiger partial charge in [0.15, 0.2) is 0 Å². The predicted octanol–water partition coefficient (Wildman–Crippen LogP) is 2.26. The molecule has 0 saturated heterocycles. The number of hydrogen-bond donors (Lipinski definition) is 0. The molecule has 1 amide bonds. The number of amides is 1. The molecule has 21 heavy (non-hydrogen) atoms.